The first-order chi connectivity index (χ1) is 13.9. The summed E-state index contributed by atoms with van der Waals surface area (Å²) in [5.41, 5.74) is 0.247. The molecule has 4 rings (SSSR count). The molecule has 1 saturated carbocycles. The van der Waals surface area contributed by atoms with E-state index < -0.39 is 29.0 Å². The Labute approximate surface area is 166 Å². The summed E-state index contributed by atoms with van der Waals surface area (Å²) in [6.45, 7) is 1.70. The first-order valence-electron chi connectivity index (χ1n) is 9.51. The molecule has 29 heavy (non-hydrogen) atoms. The summed E-state index contributed by atoms with van der Waals surface area (Å²) in [5.74, 6) is -2.93. The molecule has 1 aliphatic carbocycles. The van der Waals surface area contributed by atoms with Crippen molar-refractivity contribution in [3.05, 3.63) is 58.0 Å². The molecule has 9 nitrogen and oxygen atoms in total. The third-order valence-corrected chi connectivity index (χ3v) is 5.33. The molecule has 1 spiro atoms. The van der Waals surface area contributed by atoms with Crippen molar-refractivity contribution < 1.29 is 19.4 Å². The number of esters is 1. The van der Waals surface area contributed by atoms with Gasteiger partial charge in [0, 0.05) is 7.05 Å². The largest absolute Gasteiger partial charge is 0.573 e. The first kappa shape index (κ1) is 19.0. The molecule has 0 bridgehead atoms. The SMILES string of the molecule is Cc1c(N=NC2=C([O-])OC3(CCCCC3)OC2=O)c(=O)n(-c2ccccc2)n1C. The molecular formula is C20H21N4O5-. The monoisotopic (exact) mass is 397 g/mol. The highest BCUT2D eigenvalue weighted by Gasteiger charge is 2.38. The highest BCUT2D eigenvalue weighted by Crippen LogP contribution is 2.38. The van der Waals surface area contributed by atoms with Crippen molar-refractivity contribution in [3.8, 4) is 5.69 Å². The van der Waals surface area contributed by atoms with Gasteiger partial charge in [-0.1, -0.05) is 24.6 Å². The number of benzene rings is 1. The Morgan fingerprint density at radius 2 is 1.72 bits per heavy atom. The lowest BCUT2D eigenvalue weighted by atomic mass is 9.93. The normalized spacial score (nSPS) is 18.9. The maximum atomic E-state index is 12.8. The van der Waals surface area contributed by atoms with Gasteiger partial charge in [0.15, 0.2) is 17.2 Å². The van der Waals surface area contributed by atoms with Gasteiger partial charge in [-0.25, -0.2) is 9.48 Å². The molecule has 1 aliphatic heterocycles. The molecule has 1 aromatic heterocycles. The van der Waals surface area contributed by atoms with E-state index in [-0.39, 0.29) is 5.69 Å². The Morgan fingerprint density at radius 1 is 1.03 bits per heavy atom. The fourth-order valence-electron chi connectivity index (χ4n) is 3.68. The number of hydrogen-bond acceptors (Lipinski definition) is 7. The second kappa shape index (κ2) is 7.23. The summed E-state index contributed by atoms with van der Waals surface area (Å²) in [4.78, 5) is 25.2. The van der Waals surface area contributed by atoms with Crippen molar-refractivity contribution >= 4 is 11.7 Å². The Balaban J connectivity index is 1.67. The summed E-state index contributed by atoms with van der Waals surface area (Å²) in [6, 6.07) is 9.06. The third-order valence-electron chi connectivity index (χ3n) is 5.33. The number of hydrogen-bond donors (Lipinski definition) is 0. The Bertz CT molecular complexity index is 1060. The number of aromatic nitrogens is 2. The summed E-state index contributed by atoms with van der Waals surface area (Å²) < 4.78 is 13.8. The van der Waals surface area contributed by atoms with E-state index in [9.17, 15) is 14.7 Å². The quantitative estimate of drug-likeness (QED) is 0.583. The maximum Gasteiger partial charge on any atom is 0.362 e. The van der Waals surface area contributed by atoms with Gasteiger partial charge in [-0.3, -0.25) is 9.48 Å². The number of azo groups is 1. The zero-order chi connectivity index (χ0) is 20.6. The average molecular weight is 397 g/mol. The second-order valence-electron chi connectivity index (χ2n) is 7.21. The average Bonchev–Trinajstić information content (AvgIpc) is 2.91. The minimum Gasteiger partial charge on any atom is -0.573 e. The summed E-state index contributed by atoms with van der Waals surface area (Å²) in [7, 11) is 1.71. The molecular weight excluding hydrogens is 376 g/mol. The molecule has 2 aliphatic rings. The second-order valence-corrected chi connectivity index (χ2v) is 7.21. The van der Waals surface area contributed by atoms with Gasteiger partial charge in [-0.05, 0) is 44.7 Å². The van der Waals surface area contributed by atoms with Gasteiger partial charge >= 0.3 is 5.97 Å². The van der Waals surface area contributed by atoms with E-state index >= 15 is 0 Å². The van der Waals surface area contributed by atoms with Crippen molar-refractivity contribution in [2.24, 2.45) is 17.3 Å². The molecule has 0 amide bonds. The van der Waals surface area contributed by atoms with Crippen LogP contribution in [0.15, 0.2) is 57.0 Å². The highest BCUT2D eigenvalue weighted by molar-refractivity contribution is 5.89. The van der Waals surface area contributed by atoms with Gasteiger partial charge in [-0.2, -0.15) is 0 Å². The van der Waals surface area contributed by atoms with Crippen LogP contribution in [-0.2, 0) is 21.3 Å². The molecule has 0 unspecified atom stereocenters. The first-order valence-corrected chi connectivity index (χ1v) is 9.51. The molecule has 1 aromatic carbocycles. The zero-order valence-corrected chi connectivity index (χ0v) is 16.3. The minimum atomic E-state index is -1.19. The molecule has 0 radical (unpaired) electrons. The van der Waals surface area contributed by atoms with E-state index in [2.05, 4.69) is 10.2 Å². The van der Waals surface area contributed by atoms with E-state index in [1.165, 1.54) is 4.68 Å². The van der Waals surface area contributed by atoms with E-state index in [0.717, 1.165) is 19.3 Å². The lowest BCUT2D eigenvalue weighted by Crippen LogP contribution is -2.45. The van der Waals surface area contributed by atoms with Gasteiger partial charge in [-0.15, -0.1) is 10.2 Å². The summed E-state index contributed by atoms with van der Waals surface area (Å²) >= 11 is 0. The van der Waals surface area contributed by atoms with Crippen LogP contribution in [0.5, 0.6) is 0 Å². The van der Waals surface area contributed by atoms with Gasteiger partial charge in [0.25, 0.3) is 5.56 Å². The lowest BCUT2D eigenvalue weighted by molar-refractivity contribution is -0.402. The van der Waals surface area contributed by atoms with Crippen LogP contribution in [-0.4, -0.2) is 21.1 Å². The predicted molar refractivity (Wildman–Crippen MR) is 100 cm³/mol. The molecule has 0 saturated heterocycles. The Kier molecular flexibility index (Phi) is 4.73. The van der Waals surface area contributed by atoms with Crippen molar-refractivity contribution in [3.63, 3.8) is 0 Å². The molecule has 2 aromatic rings. The molecule has 9 heteroatoms. The standard InChI is InChI=1S/C20H22N4O5/c1-13-15(17(25)24(23(13)2)14-9-5-3-6-10-14)21-22-16-18(26)28-20(29-19(16)27)11-7-4-8-12-20/h3,5-6,9-10,26H,4,7-8,11-12H2,1-2H3/p-1. The highest BCUT2D eigenvalue weighted by atomic mass is 16.8. The number of carbonyl (C=O) groups excluding carboxylic acids is 1. The van der Waals surface area contributed by atoms with Gasteiger partial charge in [0.1, 0.15) is 0 Å². The van der Waals surface area contributed by atoms with Crippen LogP contribution in [0.25, 0.3) is 5.69 Å². The van der Waals surface area contributed by atoms with E-state index in [4.69, 9.17) is 9.47 Å². The number of rotatable bonds is 3. The van der Waals surface area contributed by atoms with Crippen molar-refractivity contribution in [1.82, 2.24) is 9.36 Å². The van der Waals surface area contributed by atoms with Crippen LogP contribution in [0, 0.1) is 6.92 Å². The molecule has 152 valence electrons. The summed E-state index contributed by atoms with van der Waals surface area (Å²) in [5, 5.41) is 20.0. The topological polar surface area (TPSA) is 110 Å². The lowest BCUT2D eigenvalue weighted by Gasteiger charge is -2.45. The fourth-order valence-corrected chi connectivity index (χ4v) is 3.68. The third kappa shape index (κ3) is 3.32. The predicted octanol–water partition coefficient (Wildman–Crippen LogP) is 2.33. The van der Waals surface area contributed by atoms with Crippen molar-refractivity contribution in [2.75, 3.05) is 0 Å². The minimum absolute atomic E-state index is 0.0300. The van der Waals surface area contributed by atoms with Crippen molar-refractivity contribution in [1.29, 1.82) is 0 Å². The Hall–Kier alpha value is -3.36. The molecule has 1 fully saturated rings. The fraction of sp³-hybridized carbons (Fsp3) is 0.400. The van der Waals surface area contributed by atoms with Crippen LogP contribution < -0.4 is 10.7 Å². The molecule has 0 N–H and O–H groups in total. The van der Waals surface area contributed by atoms with Gasteiger partial charge < -0.3 is 14.6 Å². The van der Waals surface area contributed by atoms with Crippen molar-refractivity contribution in [2.45, 2.75) is 44.8 Å². The number of para-hydroxylation sites is 1. The number of carbonyl (C=O) groups is 1. The van der Waals surface area contributed by atoms with Gasteiger partial charge in [0.2, 0.25) is 0 Å². The Morgan fingerprint density at radius 3 is 2.38 bits per heavy atom. The number of ether oxygens (including phenoxy) is 2. The van der Waals surface area contributed by atoms with E-state index in [1.54, 1.807) is 30.8 Å². The van der Waals surface area contributed by atoms with Crippen LogP contribution >= 0.6 is 0 Å². The smallest absolute Gasteiger partial charge is 0.362 e. The maximum absolute atomic E-state index is 12.8. The summed E-state index contributed by atoms with van der Waals surface area (Å²) in [6.07, 6.45) is 3.61. The van der Waals surface area contributed by atoms with E-state index in [0.29, 0.717) is 24.2 Å². The van der Waals surface area contributed by atoms with Crippen LogP contribution in [0.4, 0.5) is 5.69 Å². The van der Waals surface area contributed by atoms with E-state index in [1.807, 2.05) is 18.2 Å². The molecule has 0 atom stereocenters. The zero-order valence-electron chi connectivity index (χ0n) is 16.3. The van der Waals surface area contributed by atoms with Gasteiger partial charge in [0.05, 0.1) is 17.3 Å². The molecule has 2 heterocycles. The van der Waals surface area contributed by atoms with Crippen LogP contribution in [0.1, 0.15) is 37.8 Å². The number of nitrogens with zero attached hydrogens (tertiary/aromatic N) is 4. The van der Waals surface area contributed by atoms with Crippen LogP contribution in [0.2, 0.25) is 0 Å². The van der Waals surface area contributed by atoms with Crippen LogP contribution in [0.3, 0.4) is 0 Å².